The zero-order chi connectivity index (χ0) is 14.2. The first-order valence-electron chi connectivity index (χ1n) is 7.38. The molecular weight excluding hydrogens is 296 g/mol. The van der Waals surface area contributed by atoms with Crippen molar-refractivity contribution in [3.05, 3.63) is 18.0 Å². The lowest BCUT2D eigenvalue weighted by Gasteiger charge is -2.28. The van der Waals surface area contributed by atoms with Gasteiger partial charge in [0.25, 0.3) is 0 Å². The first kappa shape index (κ1) is 14.4. The van der Waals surface area contributed by atoms with Gasteiger partial charge in [-0.15, -0.1) is 11.6 Å². The Morgan fingerprint density at radius 3 is 2.65 bits per heavy atom. The summed E-state index contributed by atoms with van der Waals surface area (Å²) >= 11 is 5.74. The lowest BCUT2D eigenvalue weighted by Crippen LogP contribution is -2.39. The summed E-state index contributed by atoms with van der Waals surface area (Å²) in [6, 6.07) is 1.86. The van der Waals surface area contributed by atoms with E-state index < -0.39 is 10.0 Å². The van der Waals surface area contributed by atoms with E-state index >= 15 is 0 Å². The van der Waals surface area contributed by atoms with Gasteiger partial charge >= 0.3 is 0 Å². The summed E-state index contributed by atoms with van der Waals surface area (Å²) in [7, 11) is -3.37. The second-order valence-electron chi connectivity index (χ2n) is 5.86. The van der Waals surface area contributed by atoms with Crippen LogP contribution in [0.1, 0.15) is 44.2 Å². The van der Waals surface area contributed by atoms with Crippen molar-refractivity contribution in [3.8, 4) is 0 Å². The molecule has 0 spiro atoms. The zero-order valence-electron chi connectivity index (χ0n) is 11.5. The van der Waals surface area contributed by atoms with Gasteiger partial charge in [0, 0.05) is 24.5 Å². The summed E-state index contributed by atoms with van der Waals surface area (Å²) in [6.07, 6.45) is 8.40. The highest BCUT2D eigenvalue weighted by Crippen LogP contribution is 2.38. The molecule has 1 saturated heterocycles. The van der Waals surface area contributed by atoms with Crippen molar-refractivity contribution in [2.75, 3.05) is 6.54 Å². The molecule has 1 aromatic rings. The number of aromatic amines is 1. The van der Waals surface area contributed by atoms with Gasteiger partial charge in [0.15, 0.2) is 0 Å². The molecule has 0 aromatic carbocycles. The second kappa shape index (κ2) is 5.70. The van der Waals surface area contributed by atoms with E-state index in [0.717, 1.165) is 18.5 Å². The molecule has 0 radical (unpaired) electrons. The third-order valence-electron chi connectivity index (χ3n) is 4.66. The quantitative estimate of drug-likeness (QED) is 0.868. The molecule has 6 heteroatoms. The molecule has 0 bridgehead atoms. The number of hydrogen-bond acceptors (Lipinski definition) is 2. The first-order valence-corrected chi connectivity index (χ1v) is 9.35. The fraction of sp³-hybridized carbons (Fsp3) is 0.714. The van der Waals surface area contributed by atoms with E-state index in [4.69, 9.17) is 11.6 Å². The molecule has 1 N–H and O–H groups in total. The molecule has 2 heterocycles. The standard InChI is InChI=1S/C14H21ClN2O2S/c15-9-12-8-13(10-16-12)20(18,19)17-7-3-6-14(17)11-4-1-2-5-11/h8,10-11,14,16H,1-7,9H2. The maximum Gasteiger partial charge on any atom is 0.244 e. The maximum atomic E-state index is 12.8. The molecule has 1 atom stereocenters. The molecule has 1 aliphatic carbocycles. The Morgan fingerprint density at radius 1 is 1.25 bits per heavy atom. The summed E-state index contributed by atoms with van der Waals surface area (Å²) in [5.74, 6) is 0.861. The van der Waals surface area contributed by atoms with Gasteiger partial charge in [0.1, 0.15) is 0 Å². The molecule has 3 rings (SSSR count). The zero-order valence-corrected chi connectivity index (χ0v) is 13.1. The number of alkyl halides is 1. The predicted molar refractivity (Wildman–Crippen MR) is 79.2 cm³/mol. The third-order valence-corrected chi connectivity index (χ3v) is 6.85. The number of sulfonamides is 1. The van der Waals surface area contributed by atoms with Gasteiger partial charge in [0.2, 0.25) is 10.0 Å². The van der Waals surface area contributed by atoms with E-state index in [-0.39, 0.29) is 6.04 Å². The van der Waals surface area contributed by atoms with E-state index in [0.29, 0.717) is 23.2 Å². The van der Waals surface area contributed by atoms with Crippen LogP contribution in [0.4, 0.5) is 0 Å². The largest absolute Gasteiger partial charge is 0.363 e. The third kappa shape index (κ3) is 2.51. The number of H-pyrrole nitrogens is 1. The Hall–Kier alpha value is -0.520. The first-order chi connectivity index (χ1) is 9.63. The maximum absolute atomic E-state index is 12.8. The summed E-state index contributed by atoms with van der Waals surface area (Å²) in [5.41, 5.74) is 0.752. The van der Waals surface area contributed by atoms with E-state index in [1.165, 1.54) is 25.7 Å². The summed E-state index contributed by atoms with van der Waals surface area (Å²) in [4.78, 5) is 3.29. The molecule has 2 aliphatic rings. The van der Waals surface area contributed by atoms with Gasteiger partial charge in [-0.2, -0.15) is 4.31 Å². The molecule has 112 valence electrons. The van der Waals surface area contributed by atoms with Gasteiger partial charge in [-0.3, -0.25) is 0 Å². The minimum absolute atomic E-state index is 0.205. The van der Waals surface area contributed by atoms with Crippen molar-refractivity contribution < 1.29 is 8.42 Å². The Morgan fingerprint density at radius 2 is 2.00 bits per heavy atom. The molecule has 1 aliphatic heterocycles. The normalized spacial score (nSPS) is 25.6. The van der Waals surface area contributed by atoms with Crippen LogP contribution in [0.3, 0.4) is 0 Å². The van der Waals surface area contributed by atoms with Gasteiger partial charge in [-0.25, -0.2) is 8.42 Å². The summed E-state index contributed by atoms with van der Waals surface area (Å²) < 4.78 is 27.3. The Labute approximate surface area is 125 Å². The van der Waals surface area contributed by atoms with E-state index in [9.17, 15) is 8.42 Å². The van der Waals surface area contributed by atoms with E-state index in [2.05, 4.69) is 4.98 Å². The average Bonchev–Trinajstić information content (AvgIpc) is 3.17. The summed E-state index contributed by atoms with van der Waals surface area (Å²) in [5, 5.41) is 0. The van der Waals surface area contributed by atoms with Crippen molar-refractivity contribution in [3.63, 3.8) is 0 Å². The van der Waals surface area contributed by atoms with Crippen LogP contribution in [0.15, 0.2) is 17.2 Å². The molecule has 1 aromatic heterocycles. The highest BCUT2D eigenvalue weighted by atomic mass is 35.5. The topological polar surface area (TPSA) is 53.2 Å². The minimum atomic E-state index is -3.37. The number of nitrogens with zero attached hydrogens (tertiary/aromatic N) is 1. The van der Waals surface area contributed by atoms with Crippen LogP contribution in [0.2, 0.25) is 0 Å². The van der Waals surface area contributed by atoms with Crippen LogP contribution in [0.25, 0.3) is 0 Å². The Bertz CT molecular complexity index is 563. The van der Waals surface area contributed by atoms with Crippen LogP contribution in [-0.4, -0.2) is 30.3 Å². The fourth-order valence-electron chi connectivity index (χ4n) is 3.66. The van der Waals surface area contributed by atoms with Crippen LogP contribution in [0, 0.1) is 5.92 Å². The lowest BCUT2D eigenvalue weighted by molar-refractivity contribution is 0.288. The number of halogens is 1. The van der Waals surface area contributed by atoms with Crippen LogP contribution in [0.5, 0.6) is 0 Å². The van der Waals surface area contributed by atoms with Crippen LogP contribution >= 0.6 is 11.6 Å². The fourth-order valence-corrected chi connectivity index (χ4v) is 5.59. The molecular formula is C14H21ClN2O2S. The average molecular weight is 317 g/mol. The highest BCUT2D eigenvalue weighted by molar-refractivity contribution is 7.89. The van der Waals surface area contributed by atoms with Crippen molar-refractivity contribution >= 4 is 21.6 Å². The van der Waals surface area contributed by atoms with E-state index in [1.54, 1.807) is 16.6 Å². The predicted octanol–water partition coefficient (Wildman–Crippen LogP) is 3.10. The molecule has 4 nitrogen and oxygen atoms in total. The molecule has 1 saturated carbocycles. The van der Waals surface area contributed by atoms with Gasteiger partial charge in [-0.05, 0) is 37.7 Å². The molecule has 1 unspecified atom stereocenters. The highest BCUT2D eigenvalue weighted by Gasteiger charge is 2.40. The minimum Gasteiger partial charge on any atom is -0.363 e. The Balaban J connectivity index is 1.85. The molecule has 20 heavy (non-hydrogen) atoms. The lowest BCUT2D eigenvalue weighted by atomic mass is 9.97. The molecule has 0 amide bonds. The molecule has 2 fully saturated rings. The summed E-state index contributed by atoms with van der Waals surface area (Å²) in [6.45, 7) is 0.658. The Kier molecular flexibility index (Phi) is 4.11. The SMILES string of the molecule is O=S(=O)(c1c[nH]c(CCl)c1)N1CCCC1C1CCCC1. The van der Waals surface area contributed by atoms with Crippen LogP contribution < -0.4 is 0 Å². The smallest absolute Gasteiger partial charge is 0.244 e. The number of hydrogen-bond donors (Lipinski definition) is 1. The number of aromatic nitrogens is 1. The number of nitrogens with one attached hydrogen (secondary N) is 1. The number of rotatable bonds is 4. The second-order valence-corrected chi connectivity index (χ2v) is 8.02. The van der Waals surface area contributed by atoms with Crippen molar-refractivity contribution in [1.82, 2.24) is 9.29 Å². The van der Waals surface area contributed by atoms with Gasteiger partial charge in [-0.1, -0.05) is 12.8 Å². The van der Waals surface area contributed by atoms with Gasteiger partial charge in [0.05, 0.1) is 10.8 Å². The van der Waals surface area contributed by atoms with Crippen LogP contribution in [-0.2, 0) is 15.9 Å². The van der Waals surface area contributed by atoms with E-state index in [1.807, 2.05) is 0 Å². The van der Waals surface area contributed by atoms with Crippen molar-refractivity contribution in [2.45, 2.75) is 55.3 Å². The van der Waals surface area contributed by atoms with Crippen molar-refractivity contribution in [1.29, 1.82) is 0 Å². The van der Waals surface area contributed by atoms with Gasteiger partial charge < -0.3 is 4.98 Å². The van der Waals surface area contributed by atoms with Crippen molar-refractivity contribution in [2.24, 2.45) is 5.92 Å². The monoisotopic (exact) mass is 316 g/mol.